The Labute approximate surface area is 150 Å². The van der Waals surface area contributed by atoms with E-state index in [9.17, 15) is 0 Å². The topological polar surface area (TPSA) is 0 Å². The second-order valence-electron chi connectivity index (χ2n) is 10.2. The van der Waals surface area contributed by atoms with Crippen molar-refractivity contribution in [2.45, 2.75) is 99.1 Å². The summed E-state index contributed by atoms with van der Waals surface area (Å²) in [5.74, 6) is 0. The SMILES string of the molecule is CCC[CH2][Zn-2]([C](C)(C)C)([C](C)(C)C)[C](C)(C)C.[Li+].[Li+]. The predicted molar refractivity (Wildman–Crippen MR) is 78.9 cm³/mol. The largest absolute Gasteiger partial charge is 1.00 e. The summed E-state index contributed by atoms with van der Waals surface area (Å²) in [7, 11) is 0. The molecule has 0 aromatic heterocycles. The van der Waals surface area contributed by atoms with Gasteiger partial charge in [0, 0.05) is 0 Å². The third-order valence-corrected chi connectivity index (χ3v) is 32.6. The van der Waals surface area contributed by atoms with Gasteiger partial charge in [0.15, 0.2) is 0 Å². The number of hydrogen-bond donors (Lipinski definition) is 0. The van der Waals surface area contributed by atoms with E-state index in [1.165, 1.54) is 12.8 Å². The van der Waals surface area contributed by atoms with Gasteiger partial charge in [-0.15, -0.1) is 0 Å². The molecule has 0 amide bonds. The Morgan fingerprint density at radius 2 is 0.895 bits per heavy atom. The molecule has 0 heterocycles. The molecule has 0 spiro atoms. The molecule has 0 fully saturated rings. The molecule has 0 bridgehead atoms. The zero-order valence-corrected chi connectivity index (χ0v) is 19.3. The average molecular weight is 308 g/mol. The third-order valence-electron chi connectivity index (χ3n) is 6.57. The number of unbranched alkanes of at least 4 members (excludes halogenated alkanes) is 1. The van der Waals surface area contributed by atoms with Gasteiger partial charge in [0.1, 0.15) is 0 Å². The van der Waals surface area contributed by atoms with Crippen LogP contribution in [0.3, 0.4) is 0 Å². The summed E-state index contributed by atoms with van der Waals surface area (Å²) in [6, 6.07) is 0. The van der Waals surface area contributed by atoms with E-state index in [2.05, 4.69) is 69.2 Å². The van der Waals surface area contributed by atoms with Gasteiger partial charge in [0.05, 0.1) is 0 Å². The first-order valence-electron chi connectivity index (χ1n) is 7.77. The van der Waals surface area contributed by atoms with Crippen molar-refractivity contribution in [2.75, 3.05) is 0 Å². The second-order valence-corrected chi connectivity index (χ2v) is 30.4. The first-order chi connectivity index (χ1) is 7.31. The maximum absolute atomic E-state index is 2.53. The van der Waals surface area contributed by atoms with Crippen molar-refractivity contribution in [1.29, 1.82) is 0 Å². The fourth-order valence-electron chi connectivity index (χ4n) is 6.99. The van der Waals surface area contributed by atoms with Gasteiger partial charge in [-0.25, -0.2) is 0 Å². The minimum absolute atomic E-state index is 0. The van der Waals surface area contributed by atoms with E-state index in [4.69, 9.17) is 0 Å². The molecule has 19 heavy (non-hydrogen) atoms. The quantitative estimate of drug-likeness (QED) is 0.683. The van der Waals surface area contributed by atoms with E-state index in [1.54, 1.807) is 5.02 Å². The predicted octanol–water partition coefficient (Wildman–Crippen LogP) is 1.02. The molecule has 0 radical (unpaired) electrons. The maximum Gasteiger partial charge on any atom is 1.00 e. The molecular weight excluding hydrogens is 271 g/mol. The molecule has 0 atom stereocenters. The van der Waals surface area contributed by atoms with Crippen LogP contribution in [-0.4, -0.2) is 0 Å². The fraction of sp³-hybridized carbons (Fsp3) is 1.00. The molecule has 0 unspecified atom stereocenters. The number of hydrogen-bond acceptors (Lipinski definition) is 0. The zero-order chi connectivity index (χ0) is 14.1. The fourth-order valence-corrected chi connectivity index (χ4v) is 36.3. The summed E-state index contributed by atoms with van der Waals surface area (Å²) in [4.78, 5) is 0. The molecule has 0 nitrogen and oxygen atoms in total. The smallest absolute Gasteiger partial charge is 1.00 e. The first-order valence-corrected chi connectivity index (χ1v) is 14.3. The molecule has 0 aromatic carbocycles. The summed E-state index contributed by atoms with van der Waals surface area (Å²) in [6.45, 7) is 25.1. The molecule has 0 saturated heterocycles. The minimum atomic E-state index is -2.45. The Hall–Kier alpha value is 1.82. The van der Waals surface area contributed by atoms with Gasteiger partial charge in [0.25, 0.3) is 0 Å². The average Bonchev–Trinajstić information content (AvgIpc) is 1.96. The van der Waals surface area contributed by atoms with Crippen molar-refractivity contribution in [1.82, 2.24) is 0 Å². The van der Waals surface area contributed by atoms with E-state index >= 15 is 0 Å². The standard InChI is InChI=1S/4C4H9.2Li.Zn/c3*1-4(2)3;1-3-4-2;;;/h3*1-3H3;1,3-4H2,2H3;;;/q;;;;2*+1;-2. The zero-order valence-electron chi connectivity index (χ0n) is 16.3. The van der Waals surface area contributed by atoms with Crippen LogP contribution in [0.2, 0.25) is 17.0 Å². The van der Waals surface area contributed by atoms with E-state index in [0.717, 1.165) is 0 Å². The maximum atomic E-state index is 2.53. The van der Waals surface area contributed by atoms with Crippen LogP contribution < -0.4 is 37.7 Å². The monoisotopic (exact) mass is 306 g/mol. The van der Waals surface area contributed by atoms with Crippen LogP contribution in [0, 0.1) is 0 Å². The van der Waals surface area contributed by atoms with Crippen molar-refractivity contribution in [3.8, 4) is 0 Å². The van der Waals surface area contributed by atoms with Gasteiger partial charge in [-0.3, -0.25) is 0 Å². The molecule has 0 saturated carbocycles. The molecule has 0 N–H and O–H groups in total. The molecule has 3 heteroatoms. The molecule has 0 aliphatic carbocycles. The van der Waals surface area contributed by atoms with Gasteiger partial charge in [-0.05, 0) is 0 Å². The van der Waals surface area contributed by atoms with Crippen LogP contribution in [0.25, 0.3) is 0 Å². The van der Waals surface area contributed by atoms with Gasteiger partial charge >= 0.3 is 152 Å². The molecular formula is C16H36Li2Zn. The van der Waals surface area contributed by atoms with Gasteiger partial charge < -0.3 is 0 Å². The van der Waals surface area contributed by atoms with E-state index in [-0.39, 0.29) is 37.7 Å². The third kappa shape index (κ3) is 5.50. The van der Waals surface area contributed by atoms with Crippen molar-refractivity contribution < 1.29 is 52.5 Å². The summed E-state index contributed by atoms with van der Waals surface area (Å²) in [5, 5.41) is 1.55. The van der Waals surface area contributed by atoms with Crippen molar-refractivity contribution >= 4 is 0 Å². The van der Waals surface area contributed by atoms with Crippen LogP contribution in [0.4, 0.5) is 0 Å². The van der Waals surface area contributed by atoms with E-state index in [0.29, 0.717) is 12.0 Å². The Kier molecular flexibility index (Phi) is 11.5. The second kappa shape index (κ2) is 8.45. The molecule has 0 aliphatic heterocycles. The first kappa shape index (κ1) is 25.8. The van der Waals surface area contributed by atoms with Crippen molar-refractivity contribution in [3.63, 3.8) is 0 Å². The Balaban J connectivity index is -0.00000128. The van der Waals surface area contributed by atoms with E-state index < -0.39 is 14.8 Å². The summed E-state index contributed by atoms with van der Waals surface area (Å²) < 4.78 is 1.65. The Morgan fingerprint density at radius 1 is 0.632 bits per heavy atom. The van der Waals surface area contributed by atoms with Crippen LogP contribution in [0.1, 0.15) is 82.1 Å². The normalized spacial score (nSPS) is 13.6. The Morgan fingerprint density at radius 3 is 1.05 bits per heavy atom. The van der Waals surface area contributed by atoms with Crippen molar-refractivity contribution in [3.05, 3.63) is 0 Å². The van der Waals surface area contributed by atoms with Gasteiger partial charge in [-0.2, -0.15) is 0 Å². The summed E-state index contributed by atoms with van der Waals surface area (Å²) >= 11 is -2.45. The van der Waals surface area contributed by atoms with Gasteiger partial charge in [-0.1, -0.05) is 0 Å². The van der Waals surface area contributed by atoms with Crippen LogP contribution in [-0.2, 0) is 14.8 Å². The van der Waals surface area contributed by atoms with E-state index in [1.807, 2.05) is 0 Å². The van der Waals surface area contributed by atoms with Crippen molar-refractivity contribution in [2.24, 2.45) is 0 Å². The van der Waals surface area contributed by atoms with Crippen LogP contribution in [0.15, 0.2) is 0 Å². The summed E-state index contributed by atoms with van der Waals surface area (Å²) in [6.07, 6.45) is 2.79. The van der Waals surface area contributed by atoms with Crippen LogP contribution in [0.5, 0.6) is 0 Å². The minimum Gasteiger partial charge on any atom is 1.00 e. The Bertz CT molecular complexity index is 205. The number of rotatable bonds is 3. The molecule has 0 aromatic rings. The molecule has 104 valence electrons. The van der Waals surface area contributed by atoms with Gasteiger partial charge in [0.2, 0.25) is 0 Å². The molecule has 0 aliphatic rings. The summed E-state index contributed by atoms with van der Waals surface area (Å²) in [5.41, 5.74) is 0. The van der Waals surface area contributed by atoms with Crippen LogP contribution >= 0.6 is 0 Å². The molecule has 0 rings (SSSR count).